The molecule has 0 amide bonds. The molecule has 15 heavy (non-hydrogen) atoms. The summed E-state index contributed by atoms with van der Waals surface area (Å²) in [4.78, 5) is 14.5. The minimum atomic E-state index is -2.87. The van der Waals surface area contributed by atoms with Crippen LogP contribution in [0.3, 0.4) is 0 Å². The van der Waals surface area contributed by atoms with Crippen LogP contribution >= 0.6 is 11.6 Å². The van der Waals surface area contributed by atoms with Gasteiger partial charge in [0.25, 0.3) is 6.43 Å². The van der Waals surface area contributed by atoms with Crippen LogP contribution in [-0.4, -0.2) is 18.1 Å². The SMILES string of the molecule is COC(=O)c1nc(Cl)c(N)cc1C(F)F. The first kappa shape index (κ1) is 11.6. The van der Waals surface area contributed by atoms with Crippen molar-refractivity contribution in [2.75, 3.05) is 12.8 Å². The summed E-state index contributed by atoms with van der Waals surface area (Å²) in [6.07, 6.45) is -2.87. The second-order valence-electron chi connectivity index (χ2n) is 2.60. The number of nitrogen functional groups attached to an aromatic ring is 1. The molecule has 0 bridgehead atoms. The van der Waals surface area contributed by atoms with Gasteiger partial charge in [-0.25, -0.2) is 18.6 Å². The molecule has 0 atom stereocenters. The van der Waals surface area contributed by atoms with Crippen molar-refractivity contribution in [3.8, 4) is 0 Å². The highest BCUT2D eigenvalue weighted by atomic mass is 35.5. The summed E-state index contributed by atoms with van der Waals surface area (Å²) in [6.45, 7) is 0. The fraction of sp³-hybridized carbons (Fsp3) is 0.250. The zero-order valence-corrected chi connectivity index (χ0v) is 8.39. The normalized spacial score (nSPS) is 10.5. The molecule has 0 fully saturated rings. The Morgan fingerprint density at radius 2 is 2.27 bits per heavy atom. The number of pyridine rings is 1. The van der Waals surface area contributed by atoms with Crippen molar-refractivity contribution in [1.29, 1.82) is 0 Å². The summed E-state index contributed by atoms with van der Waals surface area (Å²) >= 11 is 5.50. The van der Waals surface area contributed by atoms with Crippen molar-refractivity contribution in [2.24, 2.45) is 0 Å². The highest BCUT2D eigenvalue weighted by Gasteiger charge is 2.22. The van der Waals surface area contributed by atoms with E-state index in [9.17, 15) is 13.6 Å². The molecule has 1 heterocycles. The number of aromatic nitrogens is 1. The van der Waals surface area contributed by atoms with Gasteiger partial charge in [0.1, 0.15) is 0 Å². The number of carbonyl (C=O) groups is 1. The smallest absolute Gasteiger partial charge is 0.357 e. The van der Waals surface area contributed by atoms with E-state index in [4.69, 9.17) is 17.3 Å². The number of rotatable bonds is 2. The van der Waals surface area contributed by atoms with Crippen molar-refractivity contribution in [3.63, 3.8) is 0 Å². The zero-order valence-electron chi connectivity index (χ0n) is 7.63. The van der Waals surface area contributed by atoms with Crippen molar-refractivity contribution < 1.29 is 18.3 Å². The van der Waals surface area contributed by atoms with Crippen LogP contribution in [0.2, 0.25) is 5.15 Å². The minimum Gasteiger partial charge on any atom is -0.464 e. The summed E-state index contributed by atoms with van der Waals surface area (Å²) in [5.74, 6) is -0.979. The van der Waals surface area contributed by atoms with E-state index in [2.05, 4.69) is 9.72 Å². The van der Waals surface area contributed by atoms with E-state index < -0.39 is 23.7 Å². The number of nitrogens with zero attached hydrogens (tertiary/aromatic N) is 1. The number of methoxy groups -OCH3 is 1. The maximum atomic E-state index is 12.5. The number of alkyl halides is 2. The second-order valence-corrected chi connectivity index (χ2v) is 2.96. The van der Waals surface area contributed by atoms with E-state index in [0.717, 1.165) is 13.2 Å². The van der Waals surface area contributed by atoms with Gasteiger partial charge in [-0.05, 0) is 6.07 Å². The second kappa shape index (κ2) is 4.39. The Labute approximate surface area is 89.0 Å². The van der Waals surface area contributed by atoms with E-state index in [0.29, 0.717) is 0 Å². The molecule has 1 rings (SSSR count). The molecule has 7 heteroatoms. The quantitative estimate of drug-likeness (QED) is 0.630. The standard InChI is InChI=1S/C8H7ClF2N2O2/c1-15-8(14)5-3(7(10)11)2-4(12)6(9)13-5/h2,7H,12H2,1H3. The van der Waals surface area contributed by atoms with Crippen LogP contribution in [0.5, 0.6) is 0 Å². The number of carbonyl (C=O) groups excluding carboxylic acids is 1. The van der Waals surface area contributed by atoms with E-state index in [1.54, 1.807) is 0 Å². The molecule has 1 aromatic rings. The van der Waals surface area contributed by atoms with Crippen molar-refractivity contribution >= 4 is 23.3 Å². The number of halogens is 3. The third-order valence-corrected chi connectivity index (χ3v) is 1.95. The molecule has 0 spiro atoms. The number of hydrogen-bond acceptors (Lipinski definition) is 4. The number of anilines is 1. The Bertz CT molecular complexity index is 398. The van der Waals surface area contributed by atoms with E-state index >= 15 is 0 Å². The first-order valence-electron chi connectivity index (χ1n) is 3.79. The lowest BCUT2D eigenvalue weighted by Crippen LogP contribution is -2.10. The molecule has 0 aliphatic heterocycles. The van der Waals surface area contributed by atoms with Gasteiger partial charge in [-0.2, -0.15) is 0 Å². The molecule has 0 unspecified atom stereocenters. The van der Waals surface area contributed by atoms with Crippen molar-refractivity contribution in [1.82, 2.24) is 4.98 Å². The van der Waals surface area contributed by atoms with Gasteiger partial charge in [-0.15, -0.1) is 0 Å². The van der Waals surface area contributed by atoms with E-state index in [-0.39, 0.29) is 10.8 Å². The Kier molecular flexibility index (Phi) is 3.41. The van der Waals surface area contributed by atoms with E-state index in [1.807, 2.05) is 0 Å². The number of esters is 1. The van der Waals surface area contributed by atoms with Gasteiger partial charge in [-0.1, -0.05) is 11.6 Å². The fourth-order valence-corrected chi connectivity index (χ4v) is 1.09. The van der Waals surface area contributed by atoms with Gasteiger partial charge in [-0.3, -0.25) is 0 Å². The molecule has 1 aromatic heterocycles. The summed E-state index contributed by atoms with van der Waals surface area (Å²) in [7, 11) is 1.06. The van der Waals surface area contributed by atoms with Crippen LogP contribution in [0.25, 0.3) is 0 Å². The third-order valence-electron chi connectivity index (χ3n) is 1.65. The van der Waals surface area contributed by atoms with Gasteiger partial charge < -0.3 is 10.5 Å². The lowest BCUT2D eigenvalue weighted by Gasteiger charge is -2.08. The number of hydrogen-bond donors (Lipinski definition) is 1. The summed E-state index contributed by atoms with van der Waals surface area (Å²) in [5.41, 5.74) is 4.06. The van der Waals surface area contributed by atoms with Crippen LogP contribution in [0.4, 0.5) is 14.5 Å². The third kappa shape index (κ3) is 2.33. The zero-order chi connectivity index (χ0) is 11.6. The predicted octanol–water partition coefficient (Wildman–Crippen LogP) is 2.04. The van der Waals surface area contributed by atoms with Gasteiger partial charge >= 0.3 is 5.97 Å². The highest BCUT2D eigenvalue weighted by Crippen LogP contribution is 2.27. The molecule has 4 nitrogen and oxygen atoms in total. The maximum absolute atomic E-state index is 12.5. The first-order chi connectivity index (χ1) is 6.97. The summed E-state index contributed by atoms with van der Waals surface area (Å²) < 4.78 is 29.3. The highest BCUT2D eigenvalue weighted by molar-refractivity contribution is 6.32. The molecule has 2 N–H and O–H groups in total. The van der Waals surface area contributed by atoms with Crippen LogP contribution in [-0.2, 0) is 4.74 Å². The van der Waals surface area contributed by atoms with Crippen LogP contribution in [0.1, 0.15) is 22.5 Å². The average Bonchev–Trinajstić information content (AvgIpc) is 2.20. The first-order valence-corrected chi connectivity index (χ1v) is 4.17. The van der Waals surface area contributed by atoms with Gasteiger partial charge in [0.15, 0.2) is 10.8 Å². The molecule has 0 radical (unpaired) electrons. The Balaban J connectivity index is 3.34. The van der Waals surface area contributed by atoms with Gasteiger partial charge in [0.2, 0.25) is 0 Å². The van der Waals surface area contributed by atoms with Gasteiger partial charge in [0.05, 0.1) is 18.4 Å². The summed E-state index contributed by atoms with van der Waals surface area (Å²) in [5, 5.41) is -0.209. The topological polar surface area (TPSA) is 65.2 Å². The van der Waals surface area contributed by atoms with Crippen LogP contribution in [0.15, 0.2) is 6.07 Å². The van der Waals surface area contributed by atoms with Gasteiger partial charge in [0, 0.05) is 0 Å². The molecule has 0 aromatic carbocycles. The molecular weight excluding hydrogens is 230 g/mol. The summed E-state index contributed by atoms with van der Waals surface area (Å²) in [6, 6.07) is 0.909. The lowest BCUT2D eigenvalue weighted by atomic mass is 10.2. The molecule has 0 aliphatic carbocycles. The number of ether oxygens (including phenoxy) is 1. The molecule has 0 saturated carbocycles. The lowest BCUT2D eigenvalue weighted by molar-refractivity contribution is 0.0581. The van der Waals surface area contributed by atoms with Crippen LogP contribution in [0, 0.1) is 0 Å². The maximum Gasteiger partial charge on any atom is 0.357 e. The average molecular weight is 237 g/mol. The molecule has 0 aliphatic rings. The predicted molar refractivity (Wildman–Crippen MR) is 50.0 cm³/mol. The fourth-order valence-electron chi connectivity index (χ4n) is 0.949. The van der Waals surface area contributed by atoms with Crippen molar-refractivity contribution in [2.45, 2.75) is 6.43 Å². The molecule has 0 saturated heterocycles. The van der Waals surface area contributed by atoms with Crippen molar-refractivity contribution in [3.05, 3.63) is 22.5 Å². The van der Waals surface area contributed by atoms with Crippen LogP contribution < -0.4 is 5.73 Å². The Morgan fingerprint density at radius 1 is 1.67 bits per heavy atom. The monoisotopic (exact) mass is 236 g/mol. The van der Waals surface area contributed by atoms with E-state index in [1.165, 1.54) is 0 Å². The minimum absolute atomic E-state index is 0.111. The Morgan fingerprint density at radius 3 is 2.73 bits per heavy atom. The largest absolute Gasteiger partial charge is 0.464 e. The Hall–Kier alpha value is -1.43. The molecule has 82 valence electrons. The molecular formula is C8H7ClF2N2O2. The number of nitrogens with two attached hydrogens (primary N) is 1.